The van der Waals surface area contributed by atoms with Gasteiger partial charge in [0.15, 0.2) is 10.9 Å². The first-order valence-electron chi connectivity index (χ1n) is 9.57. The van der Waals surface area contributed by atoms with E-state index in [1.54, 1.807) is 18.2 Å². The molecule has 0 aliphatic carbocycles. The highest BCUT2D eigenvalue weighted by Gasteiger charge is 2.36. The van der Waals surface area contributed by atoms with Gasteiger partial charge in [-0.2, -0.15) is 13.2 Å². The zero-order valence-corrected chi connectivity index (χ0v) is 17.0. The van der Waals surface area contributed by atoms with Crippen molar-refractivity contribution in [2.75, 3.05) is 11.9 Å². The fraction of sp³-hybridized carbons (Fsp3) is 0.286. The van der Waals surface area contributed by atoms with E-state index in [9.17, 15) is 22.8 Å². The van der Waals surface area contributed by atoms with Crippen molar-refractivity contribution in [3.8, 4) is 0 Å². The van der Waals surface area contributed by atoms with Gasteiger partial charge in [-0.15, -0.1) is 11.3 Å². The van der Waals surface area contributed by atoms with Crippen molar-refractivity contribution in [1.29, 1.82) is 0 Å². The summed E-state index contributed by atoms with van der Waals surface area (Å²) in [6.45, 7) is 0.455. The van der Waals surface area contributed by atoms with E-state index in [1.165, 1.54) is 34.8 Å². The van der Waals surface area contributed by atoms with Gasteiger partial charge in [-0.25, -0.2) is 4.98 Å². The van der Waals surface area contributed by atoms with Gasteiger partial charge in [0.2, 0.25) is 5.91 Å². The molecule has 31 heavy (non-hydrogen) atoms. The lowest BCUT2D eigenvalue weighted by atomic mass is 10.1. The molecule has 3 heterocycles. The summed E-state index contributed by atoms with van der Waals surface area (Å²) in [5.41, 5.74) is -0.201. The number of halogens is 3. The Balaban J connectivity index is 1.41. The number of amides is 2. The molecule has 1 atom stereocenters. The number of likely N-dealkylation sites (tertiary alicyclic amines) is 1. The number of hydrogen-bond acceptors (Lipinski definition) is 5. The molecule has 2 amide bonds. The summed E-state index contributed by atoms with van der Waals surface area (Å²) in [6, 6.07) is 7.65. The second-order valence-electron chi connectivity index (χ2n) is 7.13. The van der Waals surface area contributed by atoms with Crippen molar-refractivity contribution in [3.63, 3.8) is 0 Å². The average molecular weight is 449 g/mol. The Morgan fingerprint density at radius 2 is 2.10 bits per heavy atom. The summed E-state index contributed by atoms with van der Waals surface area (Å²) < 4.78 is 43.8. The maximum Gasteiger partial charge on any atom is 0.416 e. The molecule has 0 radical (unpaired) electrons. The number of thiazole rings is 1. The van der Waals surface area contributed by atoms with E-state index in [0.717, 1.165) is 12.1 Å². The second kappa shape index (κ2) is 8.54. The molecule has 4 rings (SSSR count). The molecular formula is C21H18F3N3O3S. The maximum absolute atomic E-state index is 12.9. The minimum Gasteiger partial charge on any atom is -0.459 e. The molecule has 0 unspecified atom stereocenters. The van der Waals surface area contributed by atoms with Crippen molar-refractivity contribution in [1.82, 2.24) is 9.88 Å². The minimum atomic E-state index is -4.40. The van der Waals surface area contributed by atoms with Gasteiger partial charge in [-0.1, -0.05) is 18.2 Å². The Kier molecular flexibility index (Phi) is 5.81. The van der Waals surface area contributed by atoms with Crippen molar-refractivity contribution in [2.45, 2.75) is 31.5 Å². The third kappa shape index (κ3) is 4.79. The van der Waals surface area contributed by atoms with E-state index in [0.29, 0.717) is 35.0 Å². The smallest absolute Gasteiger partial charge is 0.416 e. The van der Waals surface area contributed by atoms with Gasteiger partial charge in [-0.3, -0.25) is 9.59 Å². The van der Waals surface area contributed by atoms with Crippen molar-refractivity contribution < 1.29 is 27.2 Å². The van der Waals surface area contributed by atoms with Crippen LogP contribution in [0, 0.1) is 0 Å². The van der Waals surface area contributed by atoms with E-state index in [-0.39, 0.29) is 24.0 Å². The van der Waals surface area contributed by atoms with Crippen LogP contribution in [0.3, 0.4) is 0 Å². The second-order valence-corrected chi connectivity index (χ2v) is 8.24. The fourth-order valence-electron chi connectivity index (χ4n) is 3.52. The van der Waals surface area contributed by atoms with Crippen molar-refractivity contribution in [2.24, 2.45) is 0 Å². The Hall–Kier alpha value is -3.14. The first kappa shape index (κ1) is 21.1. The number of nitrogens with one attached hydrogen (secondary N) is 1. The maximum atomic E-state index is 12.9. The zero-order chi connectivity index (χ0) is 22.0. The molecule has 2 aromatic heterocycles. The topological polar surface area (TPSA) is 75.4 Å². The fourth-order valence-corrected chi connectivity index (χ4v) is 4.37. The third-order valence-electron chi connectivity index (χ3n) is 4.96. The standard InChI is InChI=1S/C21H18F3N3O3S/c22-21(23,24)14-5-1-4-13(10-14)11-15-12-25-20(31-15)26-18(28)16-6-2-8-27(16)19(29)17-7-3-9-30-17/h1,3-5,7,9-10,12,16H,2,6,8,11H2,(H,25,26,28)/t16-/m1/s1. The van der Waals surface area contributed by atoms with Gasteiger partial charge in [-0.05, 0) is 36.6 Å². The molecule has 0 bridgehead atoms. The first-order chi connectivity index (χ1) is 14.8. The normalized spacial score (nSPS) is 16.5. The summed E-state index contributed by atoms with van der Waals surface area (Å²) in [6.07, 6.45) is 0.0257. The number of nitrogens with zero attached hydrogens (tertiary/aromatic N) is 2. The number of anilines is 1. The number of carbonyl (C=O) groups is 2. The highest BCUT2D eigenvalue weighted by molar-refractivity contribution is 7.15. The number of benzene rings is 1. The Morgan fingerprint density at radius 1 is 1.26 bits per heavy atom. The highest BCUT2D eigenvalue weighted by Crippen LogP contribution is 2.31. The number of rotatable bonds is 5. The van der Waals surface area contributed by atoms with Crippen LogP contribution in [0.4, 0.5) is 18.3 Å². The molecule has 6 nitrogen and oxygen atoms in total. The molecular weight excluding hydrogens is 431 g/mol. The van der Waals surface area contributed by atoms with Crippen molar-refractivity contribution in [3.05, 3.63) is 70.6 Å². The molecule has 1 N–H and O–H groups in total. The molecule has 1 fully saturated rings. The average Bonchev–Trinajstić information content (AvgIpc) is 3.49. The van der Waals surface area contributed by atoms with Crippen LogP contribution >= 0.6 is 11.3 Å². The molecule has 1 aromatic carbocycles. The predicted molar refractivity (Wildman–Crippen MR) is 108 cm³/mol. The van der Waals surface area contributed by atoms with E-state index < -0.39 is 17.8 Å². The monoisotopic (exact) mass is 449 g/mol. The van der Waals surface area contributed by atoms with E-state index in [4.69, 9.17) is 4.42 Å². The SMILES string of the molecule is O=C(Nc1ncc(Cc2cccc(C(F)(F)F)c2)s1)[C@H]1CCCN1C(=O)c1ccco1. The van der Waals surface area contributed by atoms with Gasteiger partial charge in [0.25, 0.3) is 5.91 Å². The molecule has 10 heteroatoms. The van der Waals surface area contributed by atoms with Crippen LogP contribution < -0.4 is 5.32 Å². The lowest BCUT2D eigenvalue weighted by Gasteiger charge is -2.22. The van der Waals surface area contributed by atoms with Crippen LogP contribution in [0.25, 0.3) is 0 Å². The molecule has 1 aliphatic heterocycles. The molecule has 3 aromatic rings. The van der Waals surface area contributed by atoms with E-state index in [1.807, 2.05) is 0 Å². The zero-order valence-electron chi connectivity index (χ0n) is 16.2. The van der Waals surface area contributed by atoms with Crippen LogP contribution in [0.1, 0.15) is 39.4 Å². The third-order valence-corrected chi connectivity index (χ3v) is 5.88. The molecule has 1 aliphatic rings. The highest BCUT2D eigenvalue weighted by atomic mass is 32.1. The predicted octanol–water partition coefficient (Wildman–Crippen LogP) is 4.59. The van der Waals surface area contributed by atoms with Gasteiger partial charge in [0, 0.05) is 24.0 Å². The van der Waals surface area contributed by atoms with Crippen LogP contribution in [0.15, 0.2) is 53.3 Å². The Bertz CT molecular complexity index is 1080. The summed E-state index contributed by atoms with van der Waals surface area (Å²) >= 11 is 1.19. The summed E-state index contributed by atoms with van der Waals surface area (Å²) in [4.78, 5) is 31.6. The van der Waals surface area contributed by atoms with Gasteiger partial charge in [0.1, 0.15) is 6.04 Å². The van der Waals surface area contributed by atoms with Crippen LogP contribution in [0.2, 0.25) is 0 Å². The van der Waals surface area contributed by atoms with Gasteiger partial charge < -0.3 is 14.6 Å². The number of carbonyl (C=O) groups excluding carboxylic acids is 2. The quantitative estimate of drug-likeness (QED) is 0.618. The van der Waals surface area contributed by atoms with Gasteiger partial charge in [0.05, 0.1) is 11.8 Å². The Labute approximate surface area is 179 Å². The van der Waals surface area contributed by atoms with Crippen molar-refractivity contribution >= 4 is 28.3 Å². The Morgan fingerprint density at radius 3 is 2.84 bits per heavy atom. The summed E-state index contributed by atoms with van der Waals surface area (Å²) in [7, 11) is 0. The van der Waals surface area contributed by atoms with Crippen LogP contribution in [-0.4, -0.2) is 34.3 Å². The summed E-state index contributed by atoms with van der Waals surface area (Å²) in [5.74, 6) is -0.512. The molecule has 0 spiro atoms. The largest absolute Gasteiger partial charge is 0.459 e. The lowest BCUT2D eigenvalue weighted by Crippen LogP contribution is -2.43. The van der Waals surface area contributed by atoms with Crippen LogP contribution in [0.5, 0.6) is 0 Å². The number of hydrogen-bond donors (Lipinski definition) is 1. The summed E-state index contributed by atoms with van der Waals surface area (Å²) in [5, 5.41) is 3.06. The number of alkyl halides is 3. The lowest BCUT2D eigenvalue weighted by molar-refractivity contribution is -0.137. The first-order valence-corrected chi connectivity index (χ1v) is 10.4. The molecule has 162 valence electrons. The van der Waals surface area contributed by atoms with E-state index in [2.05, 4.69) is 10.3 Å². The van der Waals surface area contributed by atoms with E-state index >= 15 is 0 Å². The molecule has 0 saturated carbocycles. The minimum absolute atomic E-state index is 0.178. The van der Waals surface area contributed by atoms with Gasteiger partial charge >= 0.3 is 6.18 Å². The number of aromatic nitrogens is 1. The molecule has 1 saturated heterocycles. The number of furan rings is 1. The van der Waals surface area contributed by atoms with Crippen LogP contribution in [-0.2, 0) is 17.4 Å².